The summed E-state index contributed by atoms with van der Waals surface area (Å²) in [5.74, 6) is 0. The standard InChI is InChI=1S/C17H16N2O/c1-13-6-2-5-9-16(13)19-17(11-18)12-20-10-14-7-3-4-8-15(14)17/h2-9,19H,10,12H2,1H3. The van der Waals surface area contributed by atoms with Gasteiger partial charge in [0.05, 0.1) is 19.3 Å². The van der Waals surface area contributed by atoms with Crippen molar-refractivity contribution in [2.24, 2.45) is 0 Å². The number of hydrogen-bond acceptors (Lipinski definition) is 3. The molecule has 1 aliphatic rings. The van der Waals surface area contributed by atoms with Crippen LogP contribution in [0.1, 0.15) is 16.7 Å². The molecule has 0 spiro atoms. The van der Waals surface area contributed by atoms with Crippen LogP contribution in [0.3, 0.4) is 0 Å². The van der Waals surface area contributed by atoms with Crippen LogP contribution in [0.4, 0.5) is 5.69 Å². The van der Waals surface area contributed by atoms with E-state index in [9.17, 15) is 5.26 Å². The van der Waals surface area contributed by atoms with Crippen molar-refractivity contribution in [3.8, 4) is 6.07 Å². The van der Waals surface area contributed by atoms with Gasteiger partial charge in [0, 0.05) is 5.69 Å². The van der Waals surface area contributed by atoms with Crippen LogP contribution < -0.4 is 5.32 Å². The number of nitriles is 1. The molecule has 1 N–H and O–H groups in total. The zero-order valence-corrected chi connectivity index (χ0v) is 11.4. The lowest BCUT2D eigenvalue weighted by atomic mass is 9.86. The molecule has 0 saturated heterocycles. The maximum absolute atomic E-state index is 9.75. The van der Waals surface area contributed by atoms with E-state index in [0.717, 1.165) is 22.4 Å². The van der Waals surface area contributed by atoms with E-state index in [0.29, 0.717) is 13.2 Å². The van der Waals surface area contributed by atoms with Gasteiger partial charge >= 0.3 is 0 Å². The number of fused-ring (bicyclic) bond motifs is 1. The molecule has 3 heteroatoms. The first kappa shape index (κ1) is 12.7. The number of benzene rings is 2. The number of rotatable bonds is 2. The second-order valence-corrected chi connectivity index (χ2v) is 5.11. The van der Waals surface area contributed by atoms with Gasteiger partial charge in [0.15, 0.2) is 5.54 Å². The highest BCUT2D eigenvalue weighted by Crippen LogP contribution is 2.34. The average molecular weight is 264 g/mol. The predicted octanol–water partition coefficient (Wildman–Crippen LogP) is 3.36. The van der Waals surface area contributed by atoms with Crippen LogP contribution in [0, 0.1) is 18.3 Å². The molecule has 1 unspecified atom stereocenters. The maximum Gasteiger partial charge on any atom is 0.175 e. The van der Waals surface area contributed by atoms with E-state index in [4.69, 9.17) is 4.74 Å². The summed E-state index contributed by atoms with van der Waals surface area (Å²) in [5, 5.41) is 13.1. The summed E-state index contributed by atoms with van der Waals surface area (Å²) in [6.07, 6.45) is 0. The zero-order valence-electron chi connectivity index (χ0n) is 11.4. The largest absolute Gasteiger partial charge is 0.373 e. The minimum Gasteiger partial charge on any atom is -0.373 e. The van der Waals surface area contributed by atoms with E-state index in [1.54, 1.807) is 0 Å². The fraction of sp³-hybridized carbons (Fsp3) is 0.235. The average Bonchev–Trinajstić information content (AvgIpc) is 2.50. The first-order valence-electron chi connectivity index (χ1n) is 6.66. The Balaban J connectivity index is 2.06. The van der Waals surface area contributed by atoms with Crippen LogP contribution in [-0.2, 0) is 16.9 Å². The van der Waals surface area contributed by atoms with Gasteiger partial charge < -0.3 is 10.1 Å². The molecule has 2 aromatic carbocycles. The van der Waals surface area contributed by atoms with Gasteiger partial charge in [-0.2, -0.15) is 5.26 Å². The van der Waals surface area contributed by atoms with Crippen molar-refractivity contribution in [3.63, 3.8) is 0 Å². The SMILES string of the molecule is Cc1ccccc1NC1(C#N)COCc2ccccc21. The number of hydrogen-bond donors (Lipinski definition) is 1. The number of anilines is 1. The molecule has 0 aliphatic carbocycles. The Kier molecular flexibility index (Phi) is 3.17. The monoisotopic (exact) mass is 264 g/mol. The Labute approximate surface area is 118 Å². The molecule has 2 aromatic rings. The van der Waals surface area contributed by atoms with Crippen molar-refractivity contribution in [3.05, 3.63) is 65.2 Å². The normalized spacial score (nSPS) is 20.8. The van der Waals surface area contributed by atoms with Crippen molar-refractivity contribution < 1.29 is 4.74 Å². The van der Waals surface area contributed by atoms with Crippen molar-refractivity contribution in [2.45, 2.75) is 19.1 Å². The van der Waals surface area contributed by atoms with Crippen molar-refractivity contribution in [1.82, 2.24) is 0 Å². The van der Waals surface area contributed by atoms with E-state index >= 15 is 0 Å². The Bertz CT molecular complexity index is 675. The first-order valence-corrected chi connectivity index (χ1v) is 6.66. The second-order valence-electron chi connectivity index (χ2n) is 5.11. The van der Waals surface area contributed by atoms with Gasteiger partial charge in [0.2, 0.25) is 0 Å². The van der Waals surface area contributed by atoms with Crippen molar-refractivity contribution in [2.75, 3.05) is 11.9 Å². The highest BCUT2D eigenvalue weighted by molar-refractivity contribution is 5.57. The molecular formula is C17H16N2O. The summed E-state index contributed by atoms with van der Waals surface area (Å²) in [6.45, 7) is 2.95. The minimum atomic E-state index is -0.818. The lowest BCUT2D eigenvalue weighted by molar-refractivity contribution is 0.0786. The molecule has 20 heavy (non-hydrogen) atoms. The molecule has 0 bridgehead atoms. The molecule has 3 nitrogen and oxygen atoms in total. The third-order valence-electron chi connectivity index (χ3n) is 3.74. The molecule has 1 heterocycles. The summed E-state index contributed by atoms with van der Waals surface area (Å²) in [5.41, 5.74) is 3.35. The Morgan fingerprint density at radius 2 is 1.90 bits per heavy atom. The maximum atomic E-state index is 9.75. The van der Waals surface area contributed by atoms with E-state index in [1.807, 2.05) is 55.5 Å². The quantitative estimate of drug-likeness (QED) is 0.904. The molecule has 3 rings (SSSR count). The molecular weight excluding hydrogens is 248 g/mol. The van der Waals surface area contributed by atoms with Gasteiger partial charge in [-0.1, -0.05) is 42.5 Å². The van der Waals surface area contributed by atoms with Gasteiger partial charge in [-0.15, -0.1) is 0 Å². The number of nitrogens with one attached hydrogen (secondary N) is 1. The summed E-state index contributed by atoms with van der Waals surface area (Å²) in [6, 6.07) is 18.4. The van der Waals surface area contributed by atoms with Gasteiger partial charge in [0.25, 0.3) is 0 Å². The highest BCUT2D eigenvalue weighted by Gasteiger charge is 2.37. The number of ether oxygens (including phenoxy) is 1. The Morgan fingerprint density at radius 3 is 2.70 bits per heavy atom. The molecule has 0 fully saturated rings. The lowest BCUT2D eigenvalue weighted by Crippen LogP contribution is -2.42. The van der Waals surface area contributed by atoms with Gasteiger partial charge in [-0.3, -0.25) is 0 Å². The van der Waals surface area contributed by atoms with Gasteiger partial charge in [-0.05, 0) is 29.7 Å². The molecule has 0 aromatic heterocycles. The van der Waals surface area contributed by atoms with Crippen LogP contribution in [0.25, 0.3) is 0 Å². The highest BCUT2D eigenvalue weighted by atomic mass is 16.5. The molecule has 1 aliphatic heterocycles. The number of para-hydroxylation sites is 1. The predicted molar refractivity (Wildman–Crippen MR) is 78.2 cm³/mol. The van der Waals surface area contributed by atoms with Crippen LogP contribution in [0.2, 0.25) is 0 Å². The first-order chi connectivity index (χ1) is 9.75. The summed E-state index contributed by atoms with van der Waals surface area (Å²) in [4.78, 5) is 0. The van der Waals surface area contributed by atoms with E-state index in [1.165, 1.54) is 0 Å². The van der Waals surface area contributed by atoms with Crippen molar-refractivity contribution in [1.29, 1.82) is 5.26 Å². The zero-order chi connectivity index (χ0) is 14.0. The second kappa shape index (κ2) is 4.99. The summed E-state index contributed by atoms with van der Waals surface area (Å²) < 4.78 is 5.63. The van der Waals surface area contributed by atoms with Crippen LogP contribution in [0.5, 0.6) is 0 Å². The van der Waals surface area contributed by atoms with Crippen molar-refractivity contribution >= 4 is 5.69 Å². The molecule has 1 atom stereocenters. The van der Waals surface area contributed by atoms with Crippen LogP contribution in [-0.4, -0.2) is 6.61 Å². The lowest BCUT2D eigenvalue weighted by Gasteiger charge is -2.35. The summed E-state index contributed by atoms with van der Waals surface area (Å²) >= 11 is 0. The molecule has 0 radical (unpaired) electrons. The molecule has 0 amide bonds. The Morgan fingerprint density at radius 1 is 1.15 bits per heavy atom. The number of aryl methyl sites for hydroxylation is 1. The number of nitrogens with zero attached hydrogens (tertiary/aromatic N) is 1. The minimum absolute atomic E-state index is 0.356. The van der Waals surface area contributed by atoms with Gasteiger partial charge in [0.1, 0.15) is 0 Å². The fourth-order valence-electron chi connectivity index (χ4n) is 2.62. The third-order valence-corrected chi connectivity index (χ3v) is 3.74. The van der Waals surface area contributed by atoms with Crippen LogP contribution >= 0.6 is 0 Å². The summed E-state index contributed by atoms with van der Waals surface area (Å²) in [7, 11) is 0. The van der Waals surface area contributed by atoms with E-state index in [2.05, 4.69) is 11.4 Å². The fourth-order valence-corrected chi connectivity index (χ4v) is 2.62. The smallest absolute Gasteiger partial charge is 0.175 e. The molecule has 100 valence electrons. The van der Waals surface area contributed by atoms with Gasteiger partial charge in [-0.25, -0.2) is 0 Å². The topological polar surface area (TPSA) is 45.0 Å². The van der Waals surface area contributed by atoms with E-state index in [-0.39, 0.29) is 0 Å². The molecule has 0 saturated carbocycles. The van der Waals surface area contributed by atoms with E-state index < -0.39 is 5.54 Å². The Hall–Kier alpha value is -2.31. The third kappa shape index (κ3) is 2.04. The van der Waals surface area contributed by atoms with Crippen LogP contribution in [0.15, 0.2) is 48.5 Å².